The Bertz CT molecular complexity index is 297. The van der Waals surface area contributed by atoms with E-state index in [0.29, 0.717) is 12.0 Å². The van der Waals surface area contributed by atoms with E-state index in [0.717, 1.165) is 25.2 Å². The van der Waals surface area contributed by atoms with Crippen molar-refractivity contribution in [3.05, 3.63) is 12.0 Å². The number of hydrogen-bond acceptors (Lipinski definition) is 4. The van der Waals surface area contributed by atoms with E-state index in [1.54, 1.807) is 6.26 Å². The van der Waals surface area contributed by atoms with Crippen molar-refractivity contribution in [3.8, 4) is 6.08 Å². The van der Waals surface area contributed by atoms with Crippen LogP contribution in [0.25, 0.3) is 0 Å². The van der Waals surface area contributed by atoms with E-state index in [-0.39, 0.29) is 6.10 Å². The number of hydrogen-bond donors (Lipinski definition) is 1. The molecule has 1 rings (SSSR count). The summed E-state index contributed by atoms with van der Waals surface area (Å²) in [6, 6.07) is 0. The van der Waals surface area contributed by atoms with Crippen molar-refractivity contribution < 1.29 is 9.15 Å². The molecule has 0 saturated heterocycles. The third-order valence-corrected chi connectivity index (χ3v) is 2.49. The Hall–Kier alpha value is -1.03. The number of nitrogens with zero attached hydrogens (tertiary/aromatic N) is 1. The van der Waals surface area contributed by atoms with Gasteiger partial charge in [-0.2, -0.15) is 4.98 Å². The van der Waals surface area contributed by atoms with Crippen LogP contribution in [0.15, 0.2) is 10.7 Å². The number of aromatic nitrogens is 1. The Labute approximate surface area is 97.4 Å². The summed E-state index contributed by atoms with van der Waals surface area (Å²) in [5.74, 6) is 0.452. The monoisotopic (exact) mass is 226 g/mol. The minimum absolute atomic E-state index is 0.120. The third kappa shape index (κ3) is 4.23. The Morgan fingerprint density at radius 3 is 2.81 bits per heavy atom. The maximum Gasteiger partial charge on any atom is 0.394 e. The van der Waals surface area contributed by atoms with Gasteiger partial charge in [-0.25, -0.2) is 0 Å². The summed E-state index contributed by atoms with van der Waals surface area (Å²) in [5, 5.41) is 3.26. The summed E-state index contributed by atoms with van der Waals surface area (Å²) >= 11 is 0. The van der Waals surface area contributed by atoms with Crippen molar-refractivity contribution in [2.45, 2.75) is 46.8 Å². The molecule has 92 valence electrons. The van der Waals surface area contributed by atoms with E-state index in [1.165, 1.54) is 0 Å². The Morgan fingerprint density at radius 2 is 2.19 bits per heavy atom. The predicted octanol–water partition coefficient (Wildman–Crippen LogP) is 2.60. The van der Waals surface area contributed by atoms with Crippen LogP contribution in [-0.4, -0.2) is 17.6 Å². The predicted molar refractivity (Wildman–Crippen MR) is 63.4 cm³/mol. The van der Waals surface area contributed by atoms with E-state index < -0.39 is 0 Å². The van der Waals surface area contributed by atoms with Crippen molar-refractivity contribution in [1.82, 2.24) is 10.3 Å². The first-order valence-electron chi connectivity index (χ1n) is 5.95. The zero-order valence-corrected chi connectivity index (χ0v) is 10.6. The number of oxazole rings is 1. The van der Waals surface area contributed by atoms with Crippen LogP contribution in [-0.2, 0) is 6.54 Å². The quantitative estimate of drug-likeness (QED) is 0.726. The topological polar surface area (TPSA) is 47.3 Å². The molecule has 0 amide bonds. The zero-order valence-electron chi connectivity index (χ0n) is 10.6. The minimum Gasteiger partial charge on any atom is -0.447 e. The van der Waals surface area contributed by atoms with Gasteiger partial charge >= 0.3 is 6.08 Å². The van der Waals surface area contributed by atoms with Gasteiger partial charge in [0.1, 0.15) is 12.4 Å². The van der Waals surface area contributed by atoms with Gasteiger partial charge in [0.05, 0.1) is 5.69 Å². The summed E-state index contributed by atoms with van der Waals surface area (Å²) in [5.41, 5.74) is 0.888. The van der Waals surface area contributed by atoms with Gasteiger partial charge in [0.15, 0.2) is 0 Å². The van der Waals surface area contributed by atoms with Crippen molar-refractivity contribution in [3.63, 3.8) is 0 Å². The molecular formula is C12H22N2O2. The standard InChI is InChI=1S/C12H22N2O2/c1-5-6-13-7-11-8-15-12(14-11)16-10(4)9(2)3/h8-10,13H,5-7H2,1-4H3. The lowest BCUT2D eigenvalue weighted by atomic mass is 10.1. The van der Waals surface area contributed by atoms with Gasteiger partial charge < -0.3 is 14.5 Å². The first kappa shape index (κ1) is 13.0. The molecule has 4 heteroatoms. The summed E-state index contributed by atoms with van der Waals surface area (Å²) in [6.45, 7) is 10.1. The van der Waals surface area contributed by atoms with Crippen LogP contribution in [0.3, 0.4) is 0 Å². The van der Waals surface area contributed by atoms with Gasteiger partial charge in [0, 0.05) is 6.54 Å². The van der Waals surface area contributed by atoms with Crippen molar-refractivity contribution in [2.24, 2.45) is 5.92 Å². The number of rotatable bonds is 7. The van der Waals surface area contributed by atoms with Crippen LogP contribution in [0.1, 0.15) is 39.8 Å². The molecule has 0 spiro atoms. The lowest BCUT2D eigenvalue weighted by molar-refractivity contribution is 0.123. The van der Waals surface area contributed by atoms with Crippen LogP contribution < -0.4 is 10.1 Å². The van der Waals surface area contributed by atoms with Gasteiger partial charge in [-0.05, 0) is 25.8 Å². The zero-order chi connectivity index (χ0) is 12.0. The molecule has 1 aromatic rings. The third-order valence-electron chi connectivity index (χ3n) is 2.49. The lowest BCUT2D eigenvalue weighted by Gasteiger charge is -2.14. The highest BCUT2D eigenvalue weighted by Crippen LogP contribution is 2.15. The average Bonchev–Trinajstić information content (AvgIpc) is 2.66. The molecule has 1 unspecified atom stereocenters. The minimum atomic E-state index is 0.120. The van der Waals surface area contributed by atoms with Gasteiger partial charge in [-0.15, -0.1) is 0 Å². The molecule has 0 radical (unpaired) electrons. The molecule has 4 nitrogen and oxygen atoms in total. The molecule has 0 fully saturated rings. The molecule has 16 heavy (non-hydrogen) atoms. The van der Waals surface area contributed by atoms with Crippen LogP contribution in [0, 0.1) is 5.92 Å². The van der Waals surface area contributed by atoms with E-state index >= 15 is 0 Å². The molecule has 1 heterocycles. The smallest absolute Gasteiger partial charge is 0.394 e. The highest BCUT2D eigenvalue weighted by Gasteiger charge is 2.12. The molecule has 1 atom stereocenters. The van der Waals surface area contributed by atoms with Crippen LogP contribution in [0.5, 0.6) is 6.08 Å². The summed E-state index contributed by atoms with van der Waals surface area (Å²) in [4.78, 5) is 4.25. The van der Waals surface area contributed by atoms with Crippen molar-refractivity contribution >= 4 is 0 Å². The first-order chi connectivity index (χ1) is 7.63. The fourth-order valence-electron chi connectivity index (χ4n) is 1.11. The Morgan fingerprint density at radius 1 is 1.44 bits per heavy atom. The Balaban J connectivity index is 2.39. The van der Waals surface area contributed by atoms with Crippen LogP contribution >= 0.6 is 0 Å². The molecule has 0 aliphatic heterocycles. The molecular weight excluding hydrogens is 204 g/mol. The molecule has 0 aliphatic carbocycles. The summed E-state index contributed by atoms with van der Waals surface area (Å²) < 4.78 is 10.8. The largest absolute Gasteiger partial charge is 0.447 e. The molecule has 0 bridgehead atoms. The molecule has 1 N–H and O–H groups in total. The second-order valence-electron chi connectivity index (χ2n) is 4.35. The number of ether oxygens (including phenoxy) is 1. The van der Waals surface area contributed by atoms with Gasteiger partial charge in [-0.1, -0.05) is 20.8 Å². The molecule has 1 aromatic heterocycles. The molecule has 0 aliphatic rings. The summed E-state index contributed by atoms with van der Waals surface area (Å²) in [6.07, 6.45) is 3.25. The highest BCUT2D eigenvalue weighted by molar-refractivity contribution is 4.99. The molecule has 0 saturated carbocycles. The van der Waals surface area contributed by atoms with E-state index in [4.69, 9.17) is 9.15 Å². The van der Waals surface area contributed by atoms with Gasteiger partial charge in [0.2, 0.25) is 0 Å². The van der Waals surface area contributed by atoms with Crippen molar-refractivity contribution in [2.75, 3.05) is 6.54 Å². The number of nitrogens with one attached hydrogen (secondary N) is 1. The fraction of sp³-hybridized carbons (Fsp3) is 0.750. The normalized spacial score (nSPS) is 13.1. The maximum atomic E-state index is 5.56. The van der Waals surface area contributed by atoms with Gasteiger partial charge in [-0.3, -0.25) is 0 Å². The SMILES string of the molecule is CCCNCc1coc(OC(C)C(C)C)n1. The lowest BCUT2D eigenvalue weighted by Crippen LogP contribution is -2.19. The maximum absolute atomic E-state index is 5.56. The first-order valence-corrected chi connectivity index (χ1v) is 5.95. The second-order valence-corrected chi connectivity index (χ2v) is 4.35. The van der Waals surface area contributed by atoms with Crippen molar-refractivity contribution in [1.29, 1.82) is 0 Å². The van der Waals surface area contributed by atoms with E-state index in [1.807, 2.05) is 6.92 Å². The highest BCUT2D eigenvalue weighted by atomic mass is 16.6. The van der Waals surface area contributed by atoms with Crippen LogP contribution in [0.4, 0.5) is 0 Å². The average molecular weight is 226 g/mol. The van der Waals surface area contributed by atoms with E-state index in [2.05, 4.69) is 31.1 Å². The fourth-order valence-corrected chi connectivity index (χ4v) is 1.11. The Kier molecular flexibility index (Phi) is 5.32. The van der Waals surface area contributed by atoms with E-state index in [9.17, 15) is 0 Å². The van der Waals surface area contributed by atoms with Crippen LogP contribution in [0.2, 0.25) is 0 Å². The van der Waals surface area contributed by atoms with Gasteiger partial charge in [0.25, 0.3) is 0 Å². The molecule has 0 aromatic carbocycles. The summed E-state index contributed by atoms with van der Waals surface area (Å²) in [7, 11) is 0. The second kappa shape index (κ2) is 6.53.